The van der Waals surface area contributed by atoms with Gasteiger partial charge >= 0.3 is 0 Å². The molecule has 4 rings (SSSR count). The molecule has 3 saturated carbocycles. The molecule has 3 nitrogen and oxygen atoms in total. The Kier molecular flexibility index (Phi) is 7.52. The first-order chi connectivity index (χ1) is 16.8. The lowest BCUT2D eigenvalue weighted by atomic mass is 9.47. The molecule has 4 heteroatoms. The minimum Gasteiger partial charge on any atom is -0.414 e. The van der Waals surface area contributed by atoms with Gasteiger partial charge in [-0.15, -0.1) is 5.73 Å². The molecule has 4 aliphatic carbocycles. The highest BCUT2D eigenvalue weighted by atomic mass is 28.4. The van der Waals surface area contributed by atoms with E-state index < -0.39 is 19.5 Å². The molecule has 0 heterocycles. The van der Waals surface area contributed by atoms with Crippen LogP contribution in [0.3, 0.4) is 0 Å². The van der Waals surface area contributed by atoms with Crippen molar-refractivity contribution in [2.24, 2.45) is 34.5 Å². The van der Waals surface area contributed by atoms with Crippen LogP contribution in [0, 0.1) is 34.5 Å². The van der Waals surface area contributed by atoms with Crippen LogP contribution in [0.25, 0.3) is 0 Å². The minimum atomic E-state index is -1.76. The smallest absolute Gasteiger partial charge is 0.192 e. The minimum absolute atomic E-state index is 0.155. The molecule has 0 aliphatic heterocycles. The van der Waals surface area contributed by atoms with Crippen LogP contribution in [0.15, 0.2) is 29.5 Å². The fraction of sp³-hybridized carbons (Fsp3) is 0.848. The molecule has 0 spiro atoms. The SMILES string of the molecule is CC(C)(O)C=C=C[C@](C)(O)C1CCC2C3CC=C4C[C@@H](O[Si](C)(C)C(C)(C)C)CC[C@]4(C)C3CC[C@@]21C. The summed E-state index contributed by atoms with van der Waals surface area (Å²) in [6, 6.07) is 0. The van der Waals surface area contributed by atoms with E-state index >= 15 is 0 Å². The summed E-state index contributed by atoms with van der Waals surface area (Å²) < 4.78 is 6.91. The van der Waals surface area contributed by atoms with Gasteiger partial charge in [0.25, 0.3) is 0 Å². The van der Waals surface area contributed by atoms with E-state index in [4.69, 9.17) is 4.43 Å². The Labute approximate surface area is 229 Å². The number of rotatable bonds is 5. The summed E-state index contributed by atoms with van der Waals surface area (Å²) in [7, 11) is -1.76. The maximum Gasteiger partial charge on any atom is 0.192 e. The molecule has 0 bridgehead atoms. The summed E-state index contributed by atoms with van der Waals surface area (Å²) in [5, 5.41) is 21.9. The maximum absolute atomic E-state index is 11.6. The Morgan fingerprint density at radius 2 is 1.62 bits per heavy atom. The van der Waals surface area contributed by atoms with E-state index in [2.05, 4.69) is 59.5 Å². The zero-order valence-electron chi connectivity index (χ0n) is 25.6. The highest BCUT2D eigenvalue weighted by Crippen LogP contribution is 2.67. The van der Waals surface area contributed by atoms with Gasteiger partial charge in [-0.25, -0.2) is 0 Å². The van der Waals surface area contributed by atoms with Crippen molar-refractivity contribution in [1.82, 2.24) is 0 Å². The summed E-state index contributed by atoms with van der Waals surface area (Å²) >= 11 is 0. The van der Waals surface area contributed by atoms with Gasteiger partial charge in [0.05, 0.1) is 11.2 Å². The Hall–Kier alpha value is -0.643. The van der Waals surface area contributed by atoms with Crippen molar-refractivity contribution in [1.29, 1.82) is 0 Å². The van der Waals surface area contributed by atoms with Crippen LogP contribution in [-0.2, 0) is 4.43 Å². The molecule has 3 fully saturated rings. The number of allylic oxidation sites excluding steroid dienone is 1. The fourth-order valence-electron chi connectivity index (χ4n) is 8.80. The summed E-state index contributed by atoms with van der Waals surface area (Å²) in [6.07, 6.45) is 16.1. The number of fused-ring (bicyclic) bond motifs is 5. The molecule has 8 atom stereocenters. The van der Waals surface area contributed by atoms with Gasteiger partial charge < -0.3 is 14.6 Å². The van der Waals surface area contributed by atoms with Crippen LogP contribution < -0.4 is 0 Å². The number of aliphatic hydroxyl groups is 2. The normalized spacial score (nSPS) is 39.9. The third-order valence-corrected chi connectivity index (χ3v) is 16.4. The first-order valence-corrected chi connectivity index (χ1v) is 18.0. The molecular weight excluding hydrogens is 472 g/mol. The molecule has 0 saturated heterocycles. The van der Waals surface area contributed by atoms with Crippen LogP contribution in [0.5, 0.6) is 0 Å². The molecular formula is C33H56O3Si. The van der Waals surface area contributed by atoms with E-state index in [1.807, 2.05) is 13.0 Å². The lowest BCUT2D eigenvalue weighted by molar-refractivity contribution is -0.0849. The zero-order valence-corrected chi connectivity index (χ0v) is 26.6. The molecule has 0 radical (unpaired) electrons. The summed E-state index contributed by atoms with van der Waals surface area (Å²) in [5.41, 5.74) is 3.45. The van der Waals surface area contributed by atoms with E-state index in [1.54, 1.807) is 25.5 Å². The first-order valence-electron chi connectivity index (χ1n) is 15.1. The van der Waals surface area contributed by atoms with Gasteiger partial charge in [-0.2, -0.15) is 0 Å². The van der Waals surface area contributed by atoms with Gasteiger partial charge in [-0.1, -0.05) is 46.3 Å². The number of hydrogen-bond donors (Lipinski definition) is 2. The van der Waals surface area contributed by atoms with Crippen molar-refractivity contribution >= 4 is 8.32 Å². The summed E-state index contributed by atoms with van der Waals surface area (Å²) in [4.78, 5) is 0. The van der Waals surface area contributed by atoms with Gasteiger partial charge in [0.15, 0.2) is 8.32 Å². The van der Waals surface area contributed by atoms with E-state index in [0.29, 0.717) is 17.4 Å². The lowest BCUT2D eigenvalue weighted by Crippen LogP contribution is -2.53. The van der Waals surface area contributed by atoms with Crippen molar-refractivity contribution in [2.45, 2.75) is 142 Å². The molecule has 4 unspecified atom stereocenters. The molecule has 210 valence electrons. The average Bonchev–Trinajstić information content (AvgIpc) is 3.10. The molecule has 0 aromatic rings. The van der Waals surface area contributed by atoms with Crippen LogP contribution >= 0.6 is 0 Å². The van der Waals surface area contributed by atoms with Crippen LogP contribution in [0.4, 0.5) is 0 Å². The van der Waals surface area contributed by atoms with Gasteiger partial charge in [0.2, 0.25) is 0 Å². The second-order valence-corrected chi connectivity index (χ2v) is 20.8. The topological polar surface area (TPSA) is 49.7 Å². The molecule has 4 aliphatic rings. The highest BCUT2D eigenvalue weighted by molar-refractivity contribution is 6.74. The van der Waals surface area contributed by atoms with Crippen LogP contribution in [-0.4, -0.2) is 35.8 Å². The van der Waals surface area contributed by atoms with Crippen molar-refractivity contribution in [2.75, 3.05) is 0 Å². The zero-order chi connectivity index (χ0) is 27.7. The monoisotopic (exact) mass is 528 g/mol. The Morgan fingerprint density at radius 3 is 2.24 bits per heavy atom. The van der Waals surface area contributed by atoms with Crippen LogP contribution in [0.1, 0.15) is 107 Å². The maximum atomic E-state index is 11.6. The second kappa shape index (κ2) is 9.48. The highest BCUT2D eigenvalue weighted by Gasteiger charge is 2.61. The van der Waals surface area contributed by atoms with E-state index in [9.17, 15) is 10.2 Å². The summed E-state index contributed by atoms with van der Waals surface area (Å²) in [6.45, 7) is 22.3. The Balaban J connectivity index is 1.52. The van der Waals surface area contributed by atoms with Gasteiger partial charge in [-0.3, -0.25) is 0 Å². The quantitative estimate of drug-likeness (QED) is 0.215. The predicted molar refractivity (Wildman–Crippen MR) is 157 cm³/mol. The van der Waals surface area contributed by atoms with Crippen molar-refractivity contribution < 1.29 is 14.6 Å². The Morgan fingerprint density at radius 1 is 0.946 bits per heavy atom. The second-order valence-electron chi connectivity index (χ2n) is 16.0. The first kappa shape index (κ1) is 29.3. The van der Waals surface area contributed by atoms with E-state index in [1.165, 1.54) is 38.5 Å². The Bertz CT molecular complexity index is 957. The van der Waals surface area contributed by atoms with Crippen molar-refractivity contribution in [3.8, 4) is 0 Å². The molecule has 0 amide bonds. The third kappa shape index (κ3) is 5.40. The summed E-state index contributed by atoms with van der Waals surface area (Å²) in [5.74, 6) is 2.39. The predicted octanol–water partition coefficient (Wildman–Crippen LogP) is 8.19. The van der Waals surface area contributed by atoms with Crippen LogP contribution in [0.2, 0.25) is 18.1 Å². The molecule has 0 aromatic heterocycles. The number of hydrogen-bond acceptors (Lipinski definition) is 3. The van der Waals surface area contributed by atoms with E-state index in [-0.39, 0.29) is 16.4 Å². The third-order valence-electron chi connectivity index (χ3n) is 11.8. The van der Waals surface area contributed by atoms with E-state index in [0.717, 1.165) is 24.7 Å². The van der Waals surface area contributed by atoms with Crippen molar-refractivity contribution in [3.63, 3.8) is 0 Å². The fourth-order valence-corrected chi connectivity index (χ4v) is 10.2. The molecule has 0 aromatic carbocycles. The van der Waals surface area contributed by atoms with Gasteiger partial charge in [0, 0.05) is 6.10 Å². The molecule has 37 heavy (non-hydrogen) atoms. The molecule has 2 N–H and O–H groups in total. The van der Waals surface area contributed by atoms with Gasteiger partial charge in [-0.05, 0) is 137 Å². The van der Waals surface area contributed by atoms with Gasteiger partial charge in [0.1, 0.15) is 0 Å². The van der Waals surface area contributed by atoms with Crippen molar-refractivity contribution in [3.05, 3.63) is 29.5 Å². The standard InChI is InChI=1S/C33H56O3Si/c1-29(2,3)37(9,10)36-24-16-20-31(6)23(22-24)12-13-25-26-14-15-28(32(26,7)21-17-27(25)31)33(8,35)19-11-18-30(4,5)34/h12,18-19,24-28,34-35H,13-17,20-22H2,1-10H3/t11?,24-,25?,26?,27?,28?,31-,32-,33-/m0/s1. The largest absolute Gasteiger partial charge is 0.414 e. The lowest BCUT2D eigenvalue weighted by Gasteiger charge is -2.59. The average molecular weight is 529 g/mol.